The number of rotatable bonds is 5. The Morgan fingerprint density at radius 3 is 2.85 bits per heavy atom. The van der Waals surface area contributed by atoms with Gasteiger partial charge >= 0.3 is 0 Å². The van der Waals surface area contributed by atoms with Crippen molar-refractivity contribution >= 4 is 11.9 Å². The molecule has 0 saturated carbocycles. The molecule has 7 heteroatoms. The molecule has 2 atom stereocenters. The van der Waals surface area contributed by atoms with E-state index in [4.69, 9.17) is 4.52 Å². The van der Waals surface area contributed by atoms with Crippen LogP contribution in [0.1, 0.15) is 18.0 Å². The summed E-state index contributed by atoms with van der Waals surface area (Å²) >= 11 is 0. The lowest BCUT2D eigenvalue weighted by Gasteiger charge is -2.25. The minimum Gasteiger partial charge on any atom is -0.351 e. The van der Waals surface area contributed by atoms with Crippen LogP contribution < -0.4 is 5.32 Å². The molecule has 26 heavy (non-hydrogen) atoms. The molecule has 1 N–H and O–H groups in total. The van der Waals surface area contributed by atoms with E-state index >= 15 is 0 Å². The van der Waals surface area contributed by atoms with Crippen LogP contribution in [-0.2, 0) is 4.79 Å². The van der Waals surface area contributed by atoms with Gasteiger partial charge in [0, 0.05) is 43.9 Å². The van der Waals surface area contributed by atoms with Crippen molar-refractivity contribution in [2.75, 3.05) is 18.9 Å². The van der Waals surface area contributed by atoms with Gasteiger partial charge in [-0.3, -0.25) is 9.78 Å². The normalized spacial score (nSPS) is 19.7. The quantitative estimate of drug-likeness (QED) is 0.762. The number of carbonyl (C=O) groups excluding carboxylic acids is 1. The fraction of sp³-hybridized carbons (Fsp3) is 0.263. The van der Waals surface area contributed by atoms with Crippen LogP contribution in [0.5, 0.6) is 0 Å². The fourth-order valence-corrected chi connectivity index (χ4v) is 3.40. The highest BCUT2D eigenvalue weighted by Crippen LogP contribution is 2.36. The second kappa shape index (κ2) is 6.95. The zero-order chi connectivity index (χ0) is 17.9. The largest absolute Gasteiger partial charge is 0.351 e. The number of likely N-dealkylation sites (tertiary alicyclic amines) is 1. The summed E-state index contributed by atoms with van der Waals surface area (Å²) in [7, 11) is 1.84. The number of aromatic nitrogens is 3. The highest BCUT2D eigenvalue weighted by atomic mass is 16.5. The Morgan fingerprint density at radius 1 is 1.23 bits per heavy atom. The summed E-state index contributed by atoms with van der Waals surface area (Å²) in [5.41, 5.74) is 1.91. The summed E-state index contributed by atoms with van der Waals surface area (Å²) in [6, 6.07) is 13.5. The van der Waals surface area contributed by atoms with Crippen LogP contribution in [-0.4, -0.2) is 39.5 Å². The van der Waals surface area contributed by atoms with Crippen molar-refractivity contribution in [3.05, 3.63) is 60.4 Å². The molecule has 0 bridgehead atoms. The van der Waals surface area contributed by atoms with Crippen LogP contribution in [0, 0.1) is 5.92 Å². The van der Waals surface area contributed by atoms with E-state index < -0.39 is 0 Å². The molecule has 1 aliphatic heterocycles. The second-order valence-electron chi connectivity index (χ2n) is 6.37. The molecule has 132 valence electrons. The number of amides is 1. The molecule has 4 rings (SSSR count). The standard InChI is InChI=1S/C19H19N5O2/c1-24-16(25)10-15(17(24)14-8-5-9-20-11-14)12-21-19-22-18(26-23-19)13-6-3-2-4-7-13/h2-9,11,15,17H,10,12H2,1H3,(H,21,23)/t15-,17-/m0/s1. The summed E-state index contributed by atoms with van der Waals surface area (Å²) in [5.74, 6) is 1.13. The Hall–Kier alpha value is -3.22. The van der Waals surface area contributed by atoms with Gasteiger partial charge in [-0.25, -0.2) is 0 Å². The van der Waals surface area contributed by atoms with Crippen molar-refractivity contribution in [2.45, 2.75) is 12.5 Å². The number of benzene rings is 1. The average Bonchev–Trinajstić information content (AvgIpc) is 3.26. The first-order valence-corrected chi connectivity index (χ1v) is 8.51. The maximum Gasteiger partial charge on any atom is 0.263 e. The molecule has 1 aliphatic rings. The van der Waals surface area contributed by atoms with Crippen molar-refractivity contribution in [1.82, 2.24) is 20.0 Å². The molecular weight excluding hydrogens is 330 g/mol. The number of nitrogens with zero attached hydrogens (tertiary/aromatic N) is 4. The topological polar surface area (TPSA) is 84.2 Å². The number of hydrogen-bond donors (Lipinski definition) is 1. The summed E-state index contributed by atoms with van der Waals surface area (Å²) < 4.78 is 5.31. The molecule has 1 saturated heterocycles. The fourth-order valence-electron chi connectivity index (χ4n) is 3.40. The lowest BCUT2D eigenvalue weighted by atomic mass is 9.95. The Labute approximate surface area is 151 Å². The Morgan fingerprint density at radius 2 is 2.08 bits per heavy atom. The predicted molar refractivity (Wildman–Crippen MR) is 96.1 cm³/mol. The first-order valence-electron chi connectivity index (χ1n) is 8.51. The van der Waals surface area contributed by atoms with Gasteiger partial charge in [0.05, 0.1) is 6.04 Å². The van der Waals surface area contributed by atoms with E-state index in [1.165, 1.54) is 0 Å². The Bertz CT molecular complexity index is 881. The minimum atomic E-state index is -0.0100. The average molecular weight is 349 g/mol. The van der Waals surface area contributed by atoms with Crippen molar-refractivity contribution in [3.8, 4) is 11.5 Å². The van der Waals surface area contributed by atoms with E-state index in [2.05, 4.69) is 20.4 Å². The van der Waals surface area contributed by atoms with Crippen molar-refractivity contribution < 1.29 is 9.32 Å². The Kier molecular flexibility index (Phi) is 4.35. The van der Waals surface area contributed by atoms with Crippen LogP contribution in [0.4, 0.5) is 5.95 Å². The van der Waals surface area contributed by atoms with Gasteiger partial charge in [-0.2, -0.15) is 4.98 Å². The van der Waals surface area contributed by atoms with Gasteiger partial charge in [0.15, 0.2) is 0 Å². The van der Waals surface area contributed by atoms with Gasteiger partial charge in [0.25, 0.3) is 11.8 Å². The minimum absolute atomic E-state index is 0.0100. The van der Waals surface area contributed by atoms with Gasteiger partial charge in [-0.05, 0) is 28.9 Å². The number of anilines is 1. The molecule has 2 aromatic heterocycles. The van der Waals surface area contributed by atoms with Gasteiger partial charge in [0.2, 0.25) is 5.91 Å². The zero-order valence-electron chi connectivity index (χ0n) is 14.4. The Balaban J connectivity index is 1.47. The van der Waals surface area contributed by atoms with E-state index in [0.717, 1.165) is 11.1 Å². The first kappa shape index (κ1) is 16.3. The van der Waals surface area contributed by atoms with Crippen molar-refractivity contribution in [2.24, 2.45) is 5.92 Å². The monoisotopic (exact) mass is 349 g/mol. The van der Waals surface area contributed by atoms with Gasteiger partial charge < -0.3 is 14.7 Å². The van der Waals surface area contributed by atoms with E-state index in [1.54, 1.807) is 11.1 Å². The van der Waals surface area contributed by atoms with Crippen molar-refractivity contribution in [3.63, 3.8) is 0 Å². The SMILES string of the molecule is CN1C(=O)C[C@@H](CNc2noc(-c3ccccc3)n2)[C@@H]1c1cccnc1. The first-order chi connectivity index (χ1) is 12.7. The molecule has 1 fully saturated rings. The number of nitrogens with one attached hydrogen (secondary N) is 1. The molecule has 0 radical (unpaired) electrons. The lowest BCUT2D eigenvalue weighted by molar-refractivity contribution is -0.127. The third-order valence-electron chi connectivity index (χ3n) is 4.69. The summed E-state index contributed by atoms with van der Waals surface area (Å²) in [5, 5.41) is 7.18. The third kappa shape index (κ3) is 3.15. The molecular formula is C19H19N5O2. The number of carbonyl (C=O) groups is 1. The van der Waals surface area contributed by atoms with Crippen LogP contribution in [0.15, 0.2) is 59.4 Å². The molecule has 3 heterocycles. The van der Waals surface area contributed by atoms with E-state index in [9.17, 15) is 4.79 Å². The molecule has 0 aliphatic carbocycles. The van der Waals surface area contributed by atoms with E-state index in [-0.39, 0.29) is 17.9 Å². The maximum atomic E-state index is 12.2. The van der Waals surface area contributed by atoms with Gasteiger partial charge in [-0.1, -0.05) is 24.3 Å². The number of pyridine rings is 1. The van der Waals surface area contributed by atoms with Gasteiger partial charge in [-0.15, -0.1) is 0 Å². The van der Waals surface area contributed by atoms with Crippen molar-refractivity contribution in [1.29, 1.82) is 0 Å². The molecule has 1 amide bonds. The molecule has 3 aromatic rings. The summed E-state index contributed by atoms with van der Waals surface area (Å²) in [4.78, 5) is 22.5. The highest BCUT2D eigenvalue weighted by Gasteiger charge is 2.38. The predicted octanol–water partition coefficient (Wildman–Crippen LogP) is 2.76. The third-order valence-corrected chi connectivity index (χ3v) is 4.69. The number of hydrogen-bond acceptors (Lipinski definition) is 6. The summed E-state index contributed by atoms with van der Waals surface area (Å²) in [6.07, 6.45) is 4.03. The van der Waals surface area contributed by atoms with Crippen LogP contribution in [0.2, 0.25) is 0 Å². The highest BCUT2D eigenvalue weighted by molar-refractivity contribution is 5.79. The van der Waals surface area contributed by atoms with Crippen LogP contribution in [0.3, 0.4) is 0 Å². The molecule has 7 nitrogen and oxygen atoms in total. The lowest BCUT2D eigenvalue weighted by Crippen LogP contribution is -2.26. The summed E-state index contributed by atoms with van der Waals surface area (Å²) in [6.45, 7) is 0.573. The maximum absolute atomic E-state index is 12.2. The molecule has 1 aromatic carbocycles. The smallest absolute Gasteiger partial charge is 0.263 e. The second-order valence-corrected chi connectivity index (χ2v) is 6.37. The molecule has 0 spiro atoms. The van der Waals surface area contributed by atoms with Crippen LogP contribution in [0.25, 0.3) is 11.5 Å². The van der Waals surface area contributed by atoms with E-state index in [0.29, 0.717) is 24.8 Å². The zero-order valence-corrected chi connectivity index (χ0v) is 14.4. The van der Waals surface area contributed by atoms with Crippen LogP contribution >= 0.6 is 0 Å². The van der Waals surface area contributed by atoms with Gasteiger partial charge in [0.1, 0.15) is 0 Å². The molecule has 0 unspecified atom stereocenters. The van der Waals surface area contributed by atoms with E-state index in [1.807, 2.05) is 55.7 Å².